The summed E-state index contributed by atoms with van der Waals surface area (Å²) in [6, 6.07) is 3.51. The molecule has 0 aromatic heterocycles. The second-order valence-corrected chi connectivity index (χ2v) is 6.84. The van der Waals surface area contributed by atoms with Gasteiger partial charge in [-0.05, 0) is 30.7 Å². The molecule has 0 aliphatic heterocycles. The second-order valence-electron chi connectivity index (χ2n) is 5.31. The van der Waals surface area contributed by atoms with Crippen LogP contribution in [0.2, 0.25) is 0 Å². The number of benzene rings is 1. The number of nitrogens with one attached hydrogen (secondary N) is 1. The van der Waals surface area contributed by atoms with Gasteiger partial charge < -0.3 is 10.4 Å². The lowest BCUT2D eigenvalue weighted by Crippen LogP contribution is -2.20. The fourth-order valence-electron chi connectivity index (χ4n) is 2.22. The van der Waals surface area contributed by atoms with Crippen molar-refractivity contribution in [3.63, 3.8) is 0 Å². The monoisotopic (exact) mass is 315 g/mol. The molecule has 0 atom stereocenters. The summed E-state index contributed by atoms with van der Waals surface area (Å²) < 4.78 is 23.1. The van der Waals surface area contributed by atoms with Gasteiger partial charge in [-0.1, -0.05) is 0 Å². The lowest BCUT2D eigenvalue weighted by molar-refractivity contribution is -0.385. The number of primary sulfonamides is 1. The molecule has 4 N–H and O–H groups in total. The number of hydrogen-bond acceptors (Lipinski definition) is 6. The molecular weight excluding hydrogens is 298 g/mol. The van der Waals surface area contributed by atoms with Gasteiger partial charge in [0.15, 0.2) is 0 Å². The molecule has 0 heterocycles. The molecule has 1 aromatic rings. The van der Waals surface area contributed by atoms with E-state index in [9.17, 15) is 18.5 Å². The summed E-state index contributed by atoms with van der Waals surface area (Å²) in [4.78, 5) is 9.76. The molecule has 1 aliphatic carbocycles. The van der Waals surface area contributed by atoms with E-state index in [4.69, 9.17) is 10.2 Å². The van der Waals surface area contributed by atoms with Gasteiger partial charge in [0.05, 0.1) is 10.6 Å². The number of nitrogens with zero attached hydrogens (tertiary/aromatic N) is 1. The summed E-state index contributed by atoms with van der Waals surface area (Å²) >= 11 is 0. The van der Waals surface area contributed by atoms with Crippen LogP contribution in [0.25, 0.3) is 0 Å². The highest BCUT2D eigenvalue weighted by molar-refractivity contribution is 7.89. The van der Waals surface area contributed by atoms with Crippen LogP contribution in [-0.2, 0) is 10.0 Å². The molecule has 2 rings (SSSR count). The third-order valence-corrected chi connectivity index (χ3v) is 4.69. The van der Waals surface area contributed by atoms with Crippen LogP contribution in [0.5, 0.6) is 0 Å². The van der Waals surface area contributed by atoms with E-state index in [0.29, 0.717) is 13.0 Å². The highest BCUT2D eigenvalue weighted by Crippen LogP contribution is 2.48. The van der Waals surface area contributed by atoms with Crippen LogP contribution in [0, 0.1) is 15.5 Å². The van der Waals surface area contributed by atoms with E-state index in [1.165, 1.54) is 12.1 Å². The molecule has 8 nitrogen and oxygen atoms in total. The number of non-ortho nitro benzene ring substituents is 1. The van der Waals surface area contributed by atoms with E-state index < -0.39 is 14.9 Å². The predicted octanol–water partition coefficient (Wildman–Crippen LogP) is 0.817. The zero-order chi connectivity index (χ0) is 15.7. The Bertz CT molecular complexity index is 655. The summed E-state index contributed by atoms with van der Waals surface area (Å²) in [5.74, 6) is 0. The maximum atomic E-state index is 11.6. The minimum absolute atomic E-state index is 0.0217. The largest absolute Gasteiger partial charge is 0.396 e. The van der Waals surface area contributed by atoms with Crippen molar-refractivity contribution in [2.24, 2.45) is 10.6 Å². The van der Waals surface area contributed by atoms with Crippen molar-refractivity contribution in [2.75, 3.05) is 18.5 Å². The standard InChI is InChI=1S/C12H17N3O5S/c13-21(19,20)11-7-9(15(17)18)1-2-10(11)14-8-12(3-4-12)5-6-16/h1-2,7,14,16H,3-6,8H2,(H2,13,19,20). The van der Waals surface area contributed by atoms with Crippen LogP contribution in [-0.4, -0.2) is 31.6 Å². The Morgan fingerprint density at radius 1 is 1.43 bits per heavy atom. The van der Waals surface area contributed by atoms with Gasteiger partial charge in [0.25, 0.3) is 5.69 Å². The molecule has 0 bridgehead atoms. The van der Waals surface area contributed by atoms with Crippen molar-refractivity contribution in [2.45, 2.75) is 24.2 Å². The Morgan fingerprint density at radius 2 is 2.10 bits per heavy atom. The number of nitro benzene ring substituents is 1. The number of aliphatic hydroxyl groups excluding tert-OH is 1. The summed E-state index contributed by atoms with van der Waals surface area (Å²) in [5.41, 5.74) is -0.111. The van der Waals surface area contributed by atoms with Gasteiger partial charge in [-0.2, -0.15) is 0 Å². The molecule has 9 heteroatoms. The van der Waals surface area contributed by atoms with E-state index in [-0.39, 0.29) is 28.3 Å². The predicted molar refractivity (Wildman–Crippen MR) is 76.3 cm³/mol. The molecule has 0 radical (unpaired) electrons. The molecule has 1 aromatic carbocycles. The number of aliphatic hydroxyl groups is 1. The Hall–Kier alpha value is -1.71. The van der Waals surface area contributed by atoms with E-state index in [2.05, 4.69) is 5.32 Å². The number of nitro groups is 1. The first-order valence-electron chi connectivity index (χ1n) is 6.43. The molecule has 116 valence electrons. The minimum atomic E-state index is -4.07. The summed E-state index contributed by atoms with van der Waals surface area (Å²) in [6.45, 7) is 0.567. The van der Waals surface area contributed by atoms with Gasteiger partial charge in [0, 0.05) is 25.3 Å². The highest BCUT2D eigenvalue weighted by Gasteiger charge is 2.41. The average Bonchev–Trinajstić information content (AvgIpc) is 3.16. The first-order chi connectivity index (χ1) is 9.77. The first kappa shape index (κ1) is 15.7. The van der Waals surface area contributed by atoms with Crippen molar-refractivity contribution >= 4 is 21.4 Å². The Kier molecular flexibility index (Phi) is 4.17. The van der Waals surface area contributed by atoms with Crippen molar-refractivity contribution in [1.82, 2.24) is 0 Å². The number of nitrogens with two attached hydrogens (primary N) is 1. The maximum absolute atomic E-state index is 11.6. The van der Waals surface area contributed by atoms with E-state index in [1.807, 2.05) is 0 Å². The van der Waals surface area contributed by atoms with Gasteiger partial charge in [-0.15, -0.1) is 0 Å². The van der Waals surface area contributed by atoms with Gasteiger partial charge in [0.2, 0.25) is 10.0 Å². The van der Waals surface area contributed by atoms with Gasteiger partial charge in [-0.25, -0.2) is 13.6 Å². The molecular formula is C12H17N3O5S. The molecule has 1 aliphatic rings. The average molecular weight is 315 g/mol. The van der Waals surface area contributed by atoms with Gasteiger partial charge in [-0.3, -0.25) is 10.1 Å². The zero-order valence-electron chi connectivity index (χ0n) is 11.3. The Labute approximate surface area is 122 Å². The van der Waals surface area contributed by atoms with Crippen LogP contribution in [0.1, 0.15) is 19.3 Å². The summed E-state index contributed by atoms with van der Waals surface area (Å²) in [7, 11) is -4.07. The molecule has 0 amide bonds. The van der Waals surface area contributed by atoms with Gasteiger partial charge in [0.1, 0.15) is 4.90 Å². The third kappa shape index (κ3) is 3.69. The van der Waals surface area contributed by atoms with Crippen LogP contribution >= 0.6 is 0 Å². The Morgan fingerprint density at radius 3 is 2.57 bits per heavy atom. The number of hydrogen-bond donors (Lipinski definition) is 3. The zero-order valence-corrected chi connectivity index (χ0v) is 12.1. The number of anilines is 1. The molecule has 0 spiro atoms. The third-order valence-electron chi connectivity index (χ3n) is 3.74. The number of rotatable bonds is 7. The van der Waals surface area contributed by atoms with Crippen molar-refractivity contribution in [3.05, 3.63) is 28.3 Å². The lowest BCUT2D eigenvalue weighted by Gasteiger charge is -2.17. The minimum Gasteiger partial charge on any atom is -0.396 e. The maximum Gasteiger partial charge on any atom is 0.270 e. The van der Waals surface area contributed by atoms with E-state index in [0.717, 1.165) is 18.9 Å². The van der Waals surface area contributed by atoms with Gasteiger partial charge >= 0.3 is 0 Å². The first-order valence-corrected chi connectivity index (χ1v) is 7.98. The Balaban J connectivity index is 2.25. The normalized spacial score (nSPS) is 16.5. The van der Waals surface area contributed by atoms with Crippen molar-refractivity contribution < 1.29 is 18.4 Å². The van der Waals surface area contributed by atoms with E-state index >= 15 is 0 Å². The van der Waals surface area contributed by atoms with Crippen LogP contribution < -0.4 is 10.5 Å². The van der Waals surface area contributed by atoms with Crippen LogP contribution in [0.3, 0.4) is 0 Å². The number of sulfonamides is 1. The molecule has 0 saturated heterocycles. The SMILES string of the molecule is NS(=O)(=O)c1cc([N+](=O)[O-])ccc1NCC1(CCO)CC1. The summed E-state index contributed by atoms with van der Waals surface area (Å²) in [5, 5.41) is 27.8. The quantitative estimate of drug-likeness (QED) is 0.503. The molecule has 0 unspecified atom stereocenters. The van der Waals surface area contributed by atoms with Crippen LogP contribution in [0.4, 0.5) is 11.4 Å². The van der Waals surface area contributed by atoms with Crippen LogP contribution in [0.15, 0.2) is 23.1 Å². The molecule has 1 saturated carbocycles. The highest BCUT2D eigenvalue weighted by atomic mass is 32.2. The van der Waals surface area contributed by atoms with Crippen molar-refractivity contribution in [3.8, 4) is 0 Å². The molecule has 21 heavy (non-hydrogen) atoms. The summed E-state index contributed by atoms with van der Waals surface area (Å²) in [6.07, 6.45) is 2.55. The fraction of sp³-hybridized carbons (Fsp3) is 0.500. The lowest BCUT2D eigenvalue weighted by atomic mass is 10.0. The van der Waals surface area contributed by atoms with Crippen molar-refractivity contribution in [1.29, 1.82) is 0 Å². The molecule has 1 fully saturated rings. The smallest absolute Gasteiger partial charge is 0.270 e. The topological polar surface area (TPSA) is 136 Å². The van der Waals surface area contributed by atoms with E-state index in [1.54, 1.807) is 0 Å². The fourth-order valence-corrected chi connectivity index (χ4v) is 2.95. The second kappa shape index (κ2) is 5.58.